The van der Waals surface area contributed by atoms with Gasteiger partial charge < -0.3 is 14.6 Å². The lowest BCUT2D eigenvalue weighted by molar-refractivity contribution is -0.386. The second kappa shape index (κ2) is 7.60. The molecular weight excluding hydrogens is 359 g/mol. The molecule has 1 saturated heterocycles. The minimum atomic E-state index is -4.29. The Labute approximate surface area is 144 Å². The molecule has 1 aliphatic heterocycles. The van der Waals surface area contributed by atoms with Gasteiger partial charge in [-0.15, -0.1) is 0 Å². The van der Waals surface area contributed by atoms with Crippen LogP contribution in [0.25, 0.3) is 0 Å². The summed E-state index contributed by atoms with van der Waals surface area (Å²) in [5, 5.41) is 20.3. The zero-order valence-electron chi connectivity index (χ0n) is 13.7. The number of halogens is 1. The zero-order chi connectivity index (χ0) is 18.8. The minimum absolute atomic E-state index is 0.234. The van der Waals surface area contributed by atoms with Gasteiger partial charge in [-0.2, -0.15) is 4.31 Å². The summed E-state index contributed by atoms with van der Waals surface area (Å²) in [5.41, 5.74) is -0.791. The zero-order valence-corrected chi connectivity index (χ0v) is 14.5. The van der Waals surface area contributed by atoms with E-state index < -0.39 is 55.8 Å². The van der Waals surface area contributed by atoms with E-state index in [1.54, 1.807) is 6.92 Å². The van der Waals surface area contributed by atoms with Crippen molar-refractivity contribution in [2.45, 2.75) is 30.4 Å². The SMILES string of the molecule is COc1c(F)cc(S(=O)(=O)N(CCO)C2CCOC2C)cc1[N+](=O)[O-]. The number of ether oxygens (including phenoxy) is 2. The van der Waals surface area contributed by atoms with Gasteiger partial charge in [-0.25, -0.2) is 12.8 Å². The number of hydrogen-bond acceptors (Lipinski definition) is 7. The highest BCUT2D eigenvalue weighted by Gasteiger charge is 2.39. The number of aliphatic hydroxyl groups is 1. The van der Waals surface area contributed by atoms with Gasteiger partial charge in [0.1, 0.15) is 0 Å². The number of benzene rings is 1. The van der Waals surface area contributed by atoms with E-state index in [0.29, 0.717) is 19.1 Å². The van der Waals surface area contributed by atoms with Gasteiger partial charge in [0.25, 0.3) is 0 Å². The Balaban J connectivity index is 2.55. The Kier molecular flexibility index (Phi) is 5.93. The van der Waals surface area contributed by atoms with Crippen LogP contribution in [0.2, 0.25) is 0 Å². The third-order valence-electron chi connectivity index (χ3n) is 4.03. The van der Waals surface area contributed by atoms with E-state index in [4.69, 9.17) is 4.74 Å². The van der Waals surface area contributed by atoms with E-state index in [0.717, 1.165) is 17.5 Å². The van der Waals surface area contributed by atoms with Crippen molar-refractivity contribution in [2.75, 3.05) is 26.9 Å². The average molecular weight is 378 g/mol. The fourth-order valence-electron chi connectivity index (χ4n) is 2.84. The molecule has 1 aromatic carbocycles. The van der Waals surface area contributed by atoms with Crippen molar-refractivity contribution in [2.24, 2.45) is 0 Å². The fraction of sp³-hybridized carbons (Fsp3) is 0.571. The summed E-state index contributed by atoms with van der Waals surface area (Å²) in [6.07, 6.45) is -0.0133. The molecule has 140 valence electrons. The highest BCUT2D eigenvalue weighted by Crippen LogP contribution is 2.35. The predicted molar refractivity (Wildman–Crippen MR) is 84.4 cm³/mol. The molecule has 0 spiro atoms. The number of sulfonamides is 1. The lowest BCUT2D eigenvalue weighted by Gasteiger charge is -2.29. The Bertz CT molecular complexity index is 756. The Hall–Kier alpha value is -1.82. The van der Waals surface area contributed by atoms with Crippen molar-refractivity contribution in [3.05, 3.63) is 28.1 Å². The molecule has 9 nitrogen and oxygen atoms in total. The number of nitro groups is 1. The summed E-state index contributed by atoms with van der Waals surface area (Å²) in [6.45, 7) is 1.35. The average Bonchev–Trinajstić information content (AvgIpc) is 2.97. The maximum absolute atomic E-state index is 14.1. The first kappa shape index (κ1) is 19.5. The predicted octanol–water partition coefficient (Wildman–Crippen LogP) is 0.903. The molecule has 2 rings (SSSR count). The maximum Gasteiger partial charge on any atom is 0.315 e. The monoisotopic (exact) mass is 378 g/mol. The van der Waals surface area contributed by atoms with Crippen LogP contribution < -0.4 is 4.74 Å². The van der Waals surface area contributed by atoms with Gasteiger partial charge in [-0.1, -0.05) is 0 Å². The highest BCUT2D eigenvalue weighted by atomic mass is 32.2. The first-order valence-electron chi connectivity index (χ1n) is 7.50. The molecule has 0 saturated carbocycles. The Morgan fingerprint density at radius 2 is 2.20 bits per heavy atom. The molecular formula is C14H19FN2O7S. The number of hydrogen-bond donors (Lipinski definition) is 1. The molecule has 1 fully saturated rings. The van der Waals surface area contributed by atoms with Crippen molar-refractivity contribution in [1.29, 1.82) is 0 Å². The smallest absolute Gasteiger partial charge is 0.315 e. The summed E-state index contributed by atoms with van der Waals surface area (Å²) in [4.78, 5) is 9.61. The topological polar surface area (TPSA) is 119 Å². The van der Waals surface area contributed by atoms with Gasteiger partial charge in [0.2, 0.25) is 15.8 Å². The summed E-state index contributed by atoms with van der Waals surface area (Å²) in [6, 6.07) is 0.870. The lowest BCUT2D eigenvalue weighted by atomic mass is 10.1. The number of methoxy groups -OCH3 is 1. The van der Waals surface area contributed by atoms with Crippen LogP contribution in [0.5, 0.6) is 5.75 Å². The minimum Gasteiger partial charge on any atom is -0.488 e. The molecule has 2 unspecified atom stereocenters. The van der Waals surface area contributed by atoms with Crippen molar-refractivity contribution >= 4 is 15.7 Å². The summed E-state index contributed by atoms with van der Waals surface area (Å²) >= 11 is 0. The number of nitrogens with zero attached hydrogens (tertiary/aromatic N) is 2. The molecule has 0 bridgehead atoms. The molecule has 11 heteroatoms. The first-order chi connectivity index (χ1) is 11.7. The summed E-state index contributed by atoms with van der Waals surface area (Å²) in [7, 11) is -3.24. The Morgan fingerprint density at radius 3 is 2.68 bits per heavy atom. The second-order valence-electron chi connectivity index (χ2n) is 5.49. The maximum atomic E-state index is 14.1. The highest BCUT2D eigenvalue weighted by molar-refractivity contribution is 7.89. The first-order valence-corrected chi connectivity index (χ1v) is 8.94. The van der Waals surface area contributed by atoms with Crippen molar-refractivity contribution in [3.63, 3.8) is 0 Å². The number of aliphatic hydroxyl groups excluding tert-OH is 1. The van der Waals surface area contributed by atoms with Crippen LogP contribution in [0.15, 0.2) is 17.0 Å². The van der Waals surface area contributed by atoms with Crippen LogP contribution >= 0.6 is 0 Å². The van der Waals surface area contributed by atoms with Crippen LogP contribution in [-0.4, -0.2) is 61.8 Å². The van der Waals surface area contributed by atoms with E-state index in [1.165, 1.54) is 0 Å². The third kappa shape index (κ3) is 3.73. The molecule has 1 heterocycles. The standard InChI is InChI=1S/C14H19FN2O7S/c1-9-12(3-6-24-9)16(4-5-18)25(21,22)10-7-11(15)14(23-2)13(8-10)17(19)20/h7-9,12,18H,3-6H2,1-2H3. The molecule has 2 atom stereocenters. The second-order valence-corrected chi connectivity index (χ2v) is 7.38. The van der Waals surface area contributed by atoms with Gasteiger partial charge in [-0.05, 0) is 19.4 Å². The van der Waals surface area contributed by atoms with Crippen LogP contribution in [0, 0.1) is 15.9 Å². The summed E-state index contributed by atoms with van der Waals surface area (Å²) < 4.78 is 50.9. The van der Waals surface area contributed by atoms with Crippen LogP contribution in [0.1, 0.15) is 13.3 Å². The third-order valence-corrected chi connectivity index (χ3v) is 5.93. The van der Waals surface area contributed by atoms with Gasteiger partial charge in [0.15, 0.2) is 5.82 Å². The summed E-state index contributed by atoms with van der Waals surface area (Å²) in [5.74, 6) is -1.80. The van der Waals surface area contributed by atoms with Gasteiger partial charge in [-0.3, -0.25) is 10.1 Å². The van der Waals surface area contributed by atoms with Gasteiger partial charge in [0, 0.05) is 19.2 Å². The van der Waals surface area contributed by atoms with Crippen molar-refractivity contribution < 1.29 is 32.3 Å². The van der Waals surface area contributed by atoms with Crippen LogP contribution in [0.3, 0.4) is 0 Å². The van der Waals surface area contributed by atoms with Gasteiger partial charge in [0.05, 0.1) is 35.7 Å². The van der Waals surface area contributed by atoms with E-state index >= 15 is 0 Å². The molecule has 0 amide bonds. The van der Waals surface area contributed by atoms with E-state index in [2.05, 4.69) is 4.74 Å². The lowest BCUT2D eigenvalue weighted by Crippen LogP contribution is -2.45. The van der Waals surface area contributed by atoms with Gasteiger partial charge >= 0.3 is 5.69 Å². The number of rotatable bonds is 7. The molecule has 25 heavy (non-hydrogen) atoms. The molecule has 0 aromatic heterocycles. The largest absolute Gasteiger partial charge is 0.488 e. The number of nitro benzene ring substituents is 1. The van der Waals surface area contributed by atoms with Crippen LogP contribution in [0.4, 0.5) is 10.1 Å². The molecule has 1 aliphatic rings. The Morgan fingerprint density at radius 1 is 1.52 bits per heavy atom. The van der Waals surface area contributed by atoms with E-state index in [9.17, 15) is 28.0 Å². The van der Waals surface area contributed by atoms with E-state index in [-0.39, 0.29) is 6.54 Å². The quantitative estimate of drug-likeness (QED) is 0.553. The van der Waals surface area contributed by atoms with E-state index in [1.807, 2.05) is 0 Å². The van der Waals surface area contributed by atoms with Crippen molar-refractivity contribution in [1.82, 2.24) is 4.31 Å². The normalized spacial score (nSPS) is 20.8. The molecule has 1 aromatic rings. The van der Waals surface area contributed by atoms with Crippen LogP contribution in [-0.2, 0) is 14.8 Å². The molecule has 1 N–H and O–H groups in total. The fourth-order valence-corrected chi connectivity index (χ4v) is 4.58. The molecule has 0 radical (unpaired) electrons. The van der Waals surface area contributed by atoms with Crippen molar-refractivity contribution in [3.8, 4) is 5.75 Å². The molecule has 0 aliphatic carbocycles.